The second-order valence-electron chi connectivity index (χ2n) is 6.99. The number of anilines is 2. The van der Waals surface area contributed by atoms with Gasteiger partial charge in [-0.3, -0.25) is 14.5 Å². The largest absolute Gasteiger partial charge is 0.491 e. The molecule has 0 aliphatic carbocycles. The highest BCUT2D eigenvalue weighted by Crippen LogP contribution is 2.31. The molecule has 0 radical (unpaired) electrons. The third kappa shape index (κ3) is 4.63. The molecule has 3 aromatic rings. The average Bonchev–Trinajstić information content (AvgIpc) is 3.09. The second-order valence-corrected chi connectivity index (χ2v) is 8.51. The quantitative estimate of drug-likeness (QED) is 0.635. The molecule has 0 unspecified atom stereocenters. The van der Waals surface area contributed by atoms with Crippen molar-refractivity contribution in [3.8, 4) is 5.75 Å². The van der Waals surface area contributed by atoms with Crippen molar-refractivity contribution in [1.29, 1.82) is 0 Å². The highest BCUT2D eigenvalue weighted by molar-refractivity contribution is 7.15. The van der Waals surface area contributed by atoms with Crippen molar-refractivity contribution in [3.63, 3.8) is 0 Å². The van der Waals surface area contributed by atoms with Crippen molar-refractivity contribution in [2.24, 2.45) is 0 Å². The number of benzene rings is 2. The van der Waals surface area contributed by atoms with Gasteiger partial charge in [0.2, 0.25) is 11.8 Å². The van der Waals surface area contributed by atoms with Crippen LogP contribution in [0.5, 0.6) is 5.75 Å². The molecule has 0 atom stereocenters. The molecule has 1 aliphatic rings. The van der Waals surface area contributed by atoms with Gasteiger partial charge in [-0.2, -0.15) is 0 Å². The predicted octanol–water partition coefficient (Wildman–Crippen LogP) is 4.45. The zero-order valence-corrected chi connectivity index (χ0v) is 17.9. The van der Waals surface area contributed by atoms with Crippen LogP contribution in [-0.2, 0) is 16.0 Å². The van der Waals surface area contributed by atoms with Crippen LogP contribution < -0.4 is 15.0 Å². The lowest BCUT2D eigenvalue weighted by Gasteiger charge is -2.20. The molecule has 0 saturated heterocycles. The molecule has 154 valence electrons. The lowest BCUT2D eigenvalue weighted by atomic mass is 10.1. The van der Waals surface area contributed by atoms with E-state index in [0.717, 1.165) is 21.0 Å². The standard InChI is InChI=1S/C22H20ClN3O3S/c1-14-6-7-15(11-17(14)23)10-16-12-24-22(30-16)25-20(27)13-26-18-4-2-3-5-19(18)29-9-8-21(26)28/h2-7,11-12H,8-10,13H2,1H3,(H,24,25,27). The van der Waals surface area contributed by atoms with Gasteiger partial charge in [0.15, 0.2) is 5.13 Å². The fraction of sp³-hybridized carbons (Fsp3) is 0.227. The lowest BCUT2D eigenvalue weighted by molar-refractivity contribution is -0.121. The summed E-state index contributed by atoms with van der Waals surface area (Å²) in [5.74, 6) is 0.148. The molecule has 1 aliphatic heterocycles. The Hall–Kier alpha value is -2.90. The molecule has 4 rings (SSSR count). The fourth-order valence-electron chi connectivity index (χ4n) is 3.19. The van der Waals surface area contributed by atoms with Crippen molar-refractivity contribution in [1.82, 2.24) is 4.98 Å². The Balaban J connectivity index is 1.42. The normalized spacial score (nSPS) is 13.4. The van der Waals surface area contributed by atoms with E-state index in [9.17, 15) is 9.59 Å². The molecule has 1 N–H and O–H groups in total. The van der Waals surface area contributed by atoms with E-state index in [2.05, 4.69) is 10.3 Å². The number of amides is 2. The Kier molecular flexibility index (Phi) is 6.01. The van der Waals surface area contributed by atoms with Gasteiger partial charge in [0, 0.05) is 22.5 Å². The van der Waals surface area contributed by atoms with Crippen LogP contribution >= 0.6 is 22.9 Å². The summed E-state index contributed by atoms with van der Waals surface area (Å²) in [5.41, 5.74) is 2.72. The van der Waals surface area contributed by atoms with Gasteiger partial charge in [0.1, 0.15) is 12.3 Å². The maximum absolute atomic E-state index is 12.6. The number of halogens is 1. The van der Waals surface area contributed by atoms with Crippen LogP contribution in [0, 0.1) is 6.92 Å². The molecule has 8 heteroatoms. The van der Waals surface area contributed by atoms with E-state index in [-0.39, 0.29) is 24.8 Å². The number of aryl methyl sites for hydroxylation is 1. The number of para-hydroxylation sites is 2. The average molecular weight is 442 g/mol. The highest BCUT2D eigenvalue weighted by atomic mass is 35.5. The number of fused-ring (bicyclic) bond motifs is 1. The summed E-state index contributed by atoms with van der Waals surface area (Å²) >= 11 is 7.60. The van der Waals surface area contributed by atoms with Crippen LogP contribution in [-0.4, -0.2) is 29.9 Å². The third-order valence-corrected chi connectivity index (χ3v) is 6.07. The first-order valence-electron chi connectivity index (χ1n) is 9.51. The summed E-state index contributed by atoms with van der Waals surface area (Å²) in [4.78, 5) is 31.8. The van der Waals surface area contributed by atoms with Crippen LogP contribution in [0.4, 0.5) is 10.8 Å². The van der Waals surface area contributed by atoms with Crippen LogP contribution in [0.15, 0.2) is 48.7 Å². The van der Waals surface area contributed by atoms with Crippen LogP contribution in [0.25, 0.3) is 0 Å². The van der Waals surface area contributed by atoms with E-state index in [1.807, 2.05) is 37.3 Å². The summed E-state index contributed by atoms with van der Waals surface area (Å²) in [5, 5.41) is 4.03. The van der Waals surface area contributed by atoms with E-state index >= 15 is 0 Å². The number of carbonyl (C=O) groups is 2. The van der Waals surface area contributed by atoms with E-state index in [0.29, 0.717) is 29.6 Å². The van der Waals surface area contributed by atoms with Crippen molar-refractivity contribution in [3.05, 3.63) is 69.7 Å². The molecule has 2 amide bonds. The minimum atomic E-state index is -0.306. The van der Waals surface area contributed by atoms with E-state index < -0.39 is 0 Å². The van der Waals surface area contributed by atoms with Gasteiger partial charge < -0.3 is 10.1 Å². The summed E-state index contributed by atoms with van der Waals surface area (Å²) in [6.45, 7) is 2.17. The minimum absolute atomic E-state index is 0.0955. The van der Waals surface area contributed by atoms with E-state index in [4.69, 9.17) is 16.3 Å². The molecule has 2 aromatic carbocycles. The van der Waals surface area contributed by atoms with Crippen molar-refractivity contribution >= 4 is 45.6 Å². The molecule has 0 saturated carbocycles. The van der Waals surface area contributed by atoms with Crippen molar-refractivity contribution < 1.29 is 14.3 Å². The molecule has 30 heavy (non-hydrogen) atoms. The maximum atomic E-state index is 12.6. The second kappa shape index (κ2) is 8.85. The minimum Gasteiger partial charge on any atom is -0.491 e. The number of carbonyl (C=O) groups excluding carboxylic acids is 2. The summed E-state index contributed by atoms with van der Waals surface area (Å²) in [7, 11) is 0. The van der Waals surface area contributed by atoms with Gasteiger partial charge in [-0.05, 0) is 36.2 Å². The lowest BCUT2D eigenvalue weighted by Crippen LogP contribution is -2.37. The SMILES string of the molecule is Cc1ccc(Cc2cnc(NC(=O)CN3C(=O)CCOc4ccccc43)s2)cc1Cl. The number of rotatable bonds is 5. The summed E-state index contributed by atoms with van der Waals surface area (Å²) in [6, 6.07) is 13.2. The molecule has 1 aromatic heterocycles. The van der Waals surface area contributed by atoms with Crippen LogP contribution in [0.2, 0.25) is 5.02 Å². The van der Waals surface area contributed by atoms with Crippen LogP contribution in [0.1, 0.15) is 22.4 Å². The van der Waals surface area contributed by atoms with Gasteiger partial charge in [-0.1, -0.05) is 35.9 Å². The monoisotopic (exact) mass is 441 g/mol. The number of hydrogen-bond donors (Lipinski definition) is 1. The Morgan fingerprint density at radius 2 is 2.13 bits per heavy atom. The van der Waals surface area contributed by atoms with E-state index in [1.54, 1.807) is 18.3 Å². The Labute approximate surface area is 183 Å². The molecule has 0 bridgehead atoms. The molecule has 0 fully saturated rings. The van der Waals surface area contributed by atoms with Gasteiger partial charge >= 0.3 is 0 Å². The highest BCUT2D eigenvalue weighted by Gasteiger charge is 2.25. The summed E-state index contributed by atoms with van der Waals surface area (Å²) in [6.07, 6.45) is 2.65. The number of thiazole rings is 1. The zero-order chi connectivity index (χ0) is 21.1. The first-order valence-corrected chi connectivity index (χ1v) is 10.7. The molecule has 2 heterocycles. The van der Waals surface area contributed by atoms with Crippen molar-refractivity contribution in [2.45, 2.75) is 19.8 Å². The van der Waals surface area contributed by atoms with Crippen LogP contribution in [0.3, 0.4) is 0 Å². The number of nitrogens with one attached hydrogen (secondary N) is 1. The first kappa shape index (κ1) is 20.4. The zero-order valence-electron chi connectivity index (χ0n) is 16.4. The fourth-order valence-corrected chi connectivity index (χ4v) is 4.26. The van der Waals surface area contributed by atoms with Crippen molar-refractivity contribution in [2.75, 3.05) is 23.4 Å². The number of nitrogens with zero attached hydrogens (tertiary/aromatic N) is 2. The number of aromatic nitrogens is 1. The maximum Gasteiger partial charge on any atom is 0.246 e. The first-order chi connectivity index (χ1) is 14.5. The topological polar surface area (TPSA) is 71.5 Å². The van der Waals surface area contributed by atoms with Gasteiger partial charge in [0.25, 0.3) is 0 Å². The third-order valence-electron chi connectivity index (χ3n) is 4.75. The Morgan fingerprint density at radius 1 is 1.30 bits per heavy atom. The molecule has 6 nitrogen and oxygen atoms in total. The molecule has 0 spiro atoms. The van der Waals surface area contributed by atoms with Gasteiger partial charge in [-0.15, -0.1) is 11.3 Å². The molecular formula is C22H20ClN3O3S. The van der Waals surface area contributed by atoms with Gasteiger partial charge in [-0.25, -0.2) is 4.98 Å². The predicted molar refractivity (Wildman–Crippen MR) is 119 cm³/mol. The van der Waals surface area contributed by atoms with Gasteiger partial charge in [0.05, 0.1) is 18.7 Å². The Morgan fingerprint density at radius 3 is 2.97 bits per heavy atom. The summed E-state index contributed by atoms with van der Waals surface area (Å²) < 4.78 is 5.61. The number of hydrogen-bond acceptors (Lipinski definition) is 5. The number of ether oxygens (including phenoxy) is 1. The smallest absolute Gasteiger partial charge is 0.246 e. The Bertz CT molecular complexity index is 1100. The molecular weight excluding hydrogens is 422 g/mol. The van der Waals surface area contributed by atoms with E-state index in [1.165, 1.54) is 16.2 Å².